The number of aryl methyl sites for hydroxylation is 1. The number of para-hydroxylation sites is 2. The van der Waals surface area contributed by atoms with Gasteiger partial charge in [-0.1, -0.05) is 48.2 Å². The molecule has 5 rings (SSSR count). The largest absolute Gasteiger partial charge is 0.311 e. The van der Waals surface area contributed by atoms with Crippen molar-refractivity contribution in [2.24, 2.45) is 0 Å². The highest BCUT2D eigenvalue weighted by Crippen LogP contribution is 2.31. The lowest BCUT2D eigenvalue weighted by atomic mass is 10.0. The van der Waals surface area contributed by atoms with Crippen LogP contribution in [0.2, 0.25) is 0 Å². The van der Waals surface area contributed by atoms with Gasteiger partial charge in [0.1, 0.15) is 0 Å². The second-order valence-corrected chi connectivity index (χ2v) is 9.45. The molecule has 0 saturated heterocycles. The Morgan fingerprint density at radius 3 is 2.76 bits per heavy atom. The number of nitrogens with zero attached hydrogens (tertiary/aromatic N) is 4. The minimum atomic E-state index is -0.399. The fourth-order valence-electron chi connectivity index (χ4n) is 4.24. The summed E-state index contributed by atoms with van der Waals surface area (Å²) in [7, 11) is 0. The maximum Gasteiger partial charge on any atom is 0.262 e. The Balaban J connectivity index is 1.50. The van der Waals surface area contributed by atoms with Crippen LogP contribution < -0.4 is 10.5 Å². The van der Waals surface area contributed by atoms with Gasteiger partial charge in [0.2, 0.25) is 5.91 Å². The monoisotopic (exact) mass is 456 g/mol. The van der Waals surface area contributed by atoms with Crippen molar-refractivity contribution in [3.8, 4) is 0 Å². The first kappa shape index (κ1) is 21.4. The molecule has 0 fully saturated rings. The van der Waals surface area contributed by atoms with Crippen molar-refractivity contribution in [1.29, 1.82) is 0 Å². The second-order valence-electron chi connectivity index (χ2n) is 8.15. The van der Waals surface area contributed by atoms with Gasteiger partial charge in [-0.25, -0.2) is 4.98 Å². The zero-order valence-electron chi connectivity index (χ0n) is 18.3. The van der Waals surface area contributed by atoms with Crippen molar-refractivity contribution < 1.29 is 4.79 Å². The van der Waals surface area contributed by atoms with E-state index in [1.807, 2.05) is 60.4 Å². The van der Waals surface area contributed by atoms with Gasteiger partial charge in [0.15, 0.2) is 5.16 Å². The van der Waals surface area contributed by atoms with Crippen LogP contribution in [0.1, 0.15) is 24.5 Å². The number of hydrogen-bond acceptors (Lipinski definition) is 5. The summed E-state index contributed by atoms with van der Waals surface area (Å²) >= 11 is 1.34. The van der Waals surface area contributed by atoms with E-state index < -0.39 is 5.25 Å². The summed E-state index contributed by atoms with van der Waals surface area (Å²) in [6.45, 7) is 2.94. The lowest BCUT2D eigenvalue weighted by molar-refractivity contribution is -0.117. The minimum Gasteiger partial charge on any atom is -0.311 e. The Bertz CT molecular complexity index is 1370. The predicted molar refractivity (Wildman–Crippen MR) is 132 cm³/mol. The standard InChI is InChI=1S/C26H24N4O2S/c1-18(24(31)29-15-7-10-20-9-2-5-13-23(20)29)33-26-28-22-12-4-3-11-21(22)25(32)30(26)17-19-8-6-14-27-16-19/h2-6,8-9,11-14,16,18H,7,10,15,17H2,1H3. The van der Waals surface area contributed by atoms with Crippen molar-refractivity contribution in [3.05, 3.63) is 94.5 Å². The number of anilines is 1. The van der Waals surface area contributed by atoms with Crippen molar-refractivity contribution in [1.82, 2.24) is 14.5 Å². The van der Waals surface area contributed by atoms with Crippen LogP contribution in [-0.4, -0.2) is 32.2 Å². The quantitative estimate of drug-likeness (QED) is 0.331. The number of carbonyl (C=O) groups excluding carboxylic acids is 1. The van der Waals surface area contributed by atoms with E-state index >= 15 is 0 Å². The van der Waals surface area contributed by atoms with E-state index in [1.54, 1.807) is 23.0 Å². The van der Waals surface area contributed by atoms with Crippen LogP contribution in [0, 0.1) is 0 Å². The number of amides is 1. The van der Waals surface area contributed by atoms with Crippen molar-refractivity contribution in [3.63, 3.8) is 0 Å². The Morgan fingerprint density at radius 2 is 1.91 bits per heavy atom. The lowest BCUT2D eigenvalue weighted by Gasteiger charge is -2.31. The molecule has 33 heavy (non-hydrogen) atoms. The summed E-state index contributed by atoms with van der Waals surface area (Å²) in [5.74, 6) is 0.0301. The Kier molecular flexibility index (Phi) is 5.96. The fraction of sp³-hybridized carbons (Fsp3) is 0.231. The second kappa shape index (κ2) is 9.19. The molecule has 7 heteroatoms. The molecule has 166 valence electrons. The van der Waals surface area contributed by atoms with Crippen molar-refractivity contribution in [2.45, 2.75) is 36.7 Å². The van der Waals surface area contributed by atoms with Crippen LogP contribution in [0.15, 0.2) is 83.0 Å². The third-order valence-electron chi connectivity index (χ3n) is 5.90. The first-order valence-electron chi connectivity index (χ1n) is 11.1. The lowest BCUT2D eigenvalue weighted by Crippen LogP contribution is -2.40. The molecule has 2 aromatic heterocycles. The summed E-state index contributed by atoms with van der Waals surface area (Å²) in [5, 5.41) is 0.702. The number of thioether (sulfide) groups is 1. The normalized spacial score (nSPS) is 14.2. The summed E-state index contributed by atoms with van der Waals surface area (Å²) in [6, 6.07) is 19.2. The number of pyridine rings is 1. The zero-order valence-corrected chi connectivity index (χ0v) is 19.2. The summed E-state index contributed by atoms with van der Waals surface area (Å²) in [5.41, 5.74) is 3.61. The molecular weight excluding hydrogens is 432 g/mol. The molecule has 1 atom stereocenters. The summed E-state index contributed by atoms with van der Waals surface area (Å²) in [6.07, 6.45) is 5.38. The molecular formula is C26H24N4O2S. The molecule has 0 aliphatic carbocycles. The molecule has 1 amide bonds. The van der Waals surface area contributed by atoms with Gasteiger partial charge in [0.25, 0.3) is 5.56 Å². The van der Waals surface area contributed by atoms with Crippen molar-refractivity contribution in [2.75, 3.05) is 11.4 Å². The van der Waals surface area contributed by atoms with Gasteiger partial charge in [-0.05, 0) is 55.2 Å². The molecule has 2 aromatic carbocycles. The number of fused-ring (bicyclic) bond motifs is 2. The van der Waals surface area contributed by atoms with E-state index in [4.69, 9.17) is 4.98 Å². The van der Waals surface area contributed by atoms with Crippen LogP contribution in [0.5, 0.6) is 0 Å². The fourth-order valence-corrected chi connectivity index (χ4v) is 5.21. The van der Waals surface area contributed by atoms with Gasteiger partial charge in [-0.2, -0.15) is 0 Å². The third-order valence-corrected chi connectivity index (χ3v) is 6.97. The Labute approximate surface area is 196 Å². The molecule has 4 aromatic rings. The first-order chi connectivity index (χ1) is 16.1. The van der Waals surface area contributed by atoms with E-state index in [1.165, 1.54) is 17.3 Å². The van der Waals surface area contributed by atoms with E-state index in [9.17, 15) is 9.59 Å². The molecule has 6 nitrogen and oxygen atoms in total. The molecule has 1 aliphatic rings. The molecule has 3 heterocycles. The number of benzene rings is 2. The molecule has 1 aliphatic heterocycles. The number of carbonyl (C=O) groups is 1. The predicted octanol–water partition coefficient (Wildman–Crippen LogP) is 4.30. The van der Waals surface area contributed by atoms with Crippen LogP contribution in [-0.2, 0) is 17.8 Å². The smallest absolute Gasteiger partial charge is 0.262 e. The molecule has 0 N–H and O–H groups in total. The van der Waals surface area contributed by atoms with Crippen LogP contribution >= 0.6 is 11.8 Å². The third kappa shape index (κ3) is 4.28. The molecule has 0 radical (unpaired) electrons. The van der Waals surface area contributed by atoms with Gasteiger partial charge in [-0.15, -0.1) is 0 Å². The highest BCUT2D eigenvalue weighted by molar-refractivity contribution is 8.00. The highest BCUT2D eigenvalue weighted by atomic mass is 32.2. The van der Waals surface area contributed by atoms with Gasteiger partial charge in [0.05, 0.1) is 22.7 Å². The average molecular weight is 457 g/mol. The topological polar surface area (TPSA) is 68.1 Å². The maximum absolute atomic E-state index is 13.5. The Hall–Kier alpha value is -3.45. The summed E-state index contributed by atoms with van der Waals surface area (Å²) in [4.78, 5) is 37.7. The van der Waals surface area contributed by atoms with E-state index in [-0.39, 0.29) is 11.5 Å². The molecule has 0 bridgehead atoms. The van der Waals surface area contributed by atoms with Gasteiger partial charge in [0, 0.05) is 24.6 Å². The van der Waals surface area contributed by atoms with Crippen LogP contribution in [0.3, 0.4) is 0 Å². The van der Waals surface area contributed by atoms with Gasteiger partial charge in [-0.3, -0.25) is 19.1 Å². The Morgan fingerprint density at radius 1 is 1.09 bits per heavy atom. The van der Waals surface area contributed by atoms with E-state index in [0.717, 1.165) is 24.1 Å². The molecule has 0 spiro atoms. The van der Waals surface area contributed by atoms with Crippen molar-refractivity contribution >= 4 is 34.3 Å². The zero-order chi connectivity index (χ0) is 22.8. The number of rotatable bonds is 5. The molecule has 1 unspecified atom stereocenters. The summed E-state index contributed by atoms with van der Waals surface area (Å²) < 4.78 is 1.65. The van der Waals surface area contributed by atoms with E-state index in [0.29, 0.717) is 29.1 Å². The average Bonchev–Trinajstić information content (AvgIpc) is 2.86. The van der Waals surface area contributed by atoms with Gasteiger partial charge < -0.3 is 4.90 Å². The number of hydrogen-bond donors (Lipinski definition) is 0. The maximum atomic E-state index is 13.5. The highest BCUT2D eigenvalue weighted by Gasteiger charge is 2.28. The van der Waals surface area contributed by atoms with E-state index in [2.05, 4.69) is 11.1 Å². The SMILES string of the molecule is CC(Sc1nc2ccccc2c(=O)n1Cc1cccnc1)C(=O)N1CCCc2ccccc21. The van der Waals surface area contributed by atoms with Crippen LogP contribution in [0.4, 0.5) is 5.69 Å². The van der Waals surface area contributed by atoms with Crippen LogP contribution in [0.25, 0.3) is 10.9 Å². The first-order valence-corrected chi connectivity index (χ1v) is 11.9. The minimum absolute atomic E-state index is 0.0301. The van der Waals surface area contributed by atoms with Gasteiger partial charge >= 0.3 is 0 Å². The number of aromatic nitrogens is 3. The molecule has 0 saturated carbocycles.